The van der Waals surface area contributed by atoms with E-state index in [2.05, 4.69) is 64.6 Å². The molecule has 0 spiro atoms. The fraction of sp³-hybridized carbons (Fsp3) is 0.286. The molecule has 0 atom stereocenters. The molecule has 0 saturated carbocycles. The lowest BCUT2D eigenvalue weighted by atomic mass is 9.94. The Morgan fingerprint density at radius 3 is 1.82 bits per heavy atom. The SMILES string of the molecule is COc1ccc2c3c4n(c2c1)Cc1ccc(c(OC)c1O)CC1=NCCc2c1n(c1cc(C)ccc21)Cc1ccc(c(C)c1O)CC4=NCC3. The summed E-state index contributed by atoms with van der Waals surface area (Å²) in [6.07, 6.45) is 2.74. The van der Waals surface area contributed by atoms with Crippen molar-refractivity contribution in [2.24, 2.45) is 9.98 Å². The number of hydrogen-bond acceptors (Lipinski definition) is 6. The number of aromatic nitrogens is 2. The minimum Gasteiger partial charge on any atom is -0.507 e. The maximum Gasteiger partial charge on any atom is 0.164 e. The zero-order chi connectivity index (χ0) is 34.3. The van der Waals surface area contributed by atoms with Gasteiger partial charge in [-0.05, 0) is 72.7 Å². The van der Waals surface area contributed by atoms with E-state index in [9.17, 15) is 10.2 Å². The maximum absolute atomic E-state index is 11.9. The van der Waals surface area contributed by atoms with Crippen LogP contribution in [0.4, 0.5) is 0 Å². The standard InChI is InChI=1S/C42H40N4O4/c1-23-5-11-30-32-13-16-44-35-19-26-7-9-28(41(48)42(26)50-4)22-46-37-20-29(49-3)10-12-31(37)33-14-15-43-34(38(33)46)18-25-6-8-27(40(47)24(25)2)21-45(39(32)35)36(30)17-23/h5-12,17,20,47-48H,13-16,18-19,21-22H2,1-4H3. The highest BCUT2D eigenvalue weighted by Gasteiger charge is 2.29. The molecular formula is C42H40N4O4. The summed E-state index contributed by atoms with van der Waals surface area (Å²) in [5, 5.41) is 26.1. The Morgan fingerprint density at radius 1 is 0.620 bits per heavy atom. The Morgan fingerprint density at radius 2 is 1.18 bits per heavy atom. The molecule has 2 N–H and O–H groups in total. The van der Waals surface area contributed by atoms with Gasteiger partial charge in [0, 0.05) is 65.0 Å². The van der Waals surface area contributed by atoms with E-state index in [0.717, 1.165) is 85.6 Å². The van der Waals surface area contributed by atoms with Crippen LogP contribution in [-0.4, -0.2) is 58.1 Å². The lowest BCUT2D eigenvalue weighted by Crippen LogP contribution is -2.21. The maximum atomic E-state index is 11.9. The van der Waals surface area contributed by atoms with Crippen LogP contribution < -0.4 is 9.47 Å². The summed E-state index contributed by atoms with van der Waals surface area (Å²) in [5.74, 6) is 1.71. The molecule has 0 radical (unpaired) electrons. The van der Waals surface area contributed by atoms with E-state index < -0.39 is 0 Å². The van der Waals surface area contributed by atoms with E-state index in [0.29, 0.717) is 50.5 Å². The molecule has 50 heavy (non-hydrogen) atoms. The number of aromatic hydroxyl groups is 2. The van der Waals surface area contributed by atoms with E-state index in [4.69, 9.17) is 19.5 Å². The third kappa shape index (κ3) is 4.57. The molecule has 2 aromatic heterocycles. The highest BCUT2D eigenvalue weighted by atomic mass is 16.5. The molecule has 6 aliphatic rings. The summed E-state index contributed by atoms with van der Waals surface area (Å²) in [4.78, 5) is 10.2. The van der Waals surface area contributed by atoms with Gasteiger partial charge in [0.25, 0.3) is 0 Å². The van der Waals surface area contributed by atoms with Gasteiger partial charge in [-0.1, -0.05) is 36.4 Å². The second kappa shape index (κ2) is 11.5. The predicted molar refractivity (Wildman–Crippen MR) is 198 cm³/mol. The van der Waals surface area contributed by atoms with Crippen LogP contribution in [0.15, 0.2) is 70.6 Å². The van der Waals surface area contributed by atoms with Gasteiger partial charge in [0.05, 0.1) is 55.6 Å². The number of hydrogen-bond donors (Lipinski definition) is 2. The fourth-order valence-electron chi connectivity index (χ4n) is 8.55. The lowest BCUT2D eigenvalue weighted by molar-refractivity contribution is 0.367. The van der Waals surface area contributed by atoms with Gasteiger partial charge in [0.1, 0.15) is 11.5 Å². The van der Waals surface area contributed by atoms with Crippen molar-refractivity contribution in [2.45, 2.75) is 52.6 Å². The Bertz CT molecular complexity index is 2460. The Balaban J connectivity index is 1.30. The first-order valence-electron chi connectivity index (χ1n) is 17.4. The predicted octanol–water partition coefficient (Wildman–Crippen LogP) is 7.23. The summed E-state index contributed by atoms with van der Waals surface area (Å²) in [6, 6.07) is 21.2. The molecule has 6 aliphatic heterocycles. The van der Waals surface area contributed by atoms with Crippen LogP contribution >= 0.6 is 0 Å². The number of nitrogens with zero attached hydrogens (tertiary/aromatic N) is 4. The third-order valence-corrected chi connectivity index (χ3v) is 11.1. The smallest absolute Gasteiger partial charge is 0.164 e. The minimum atomic E-state index is 0.141. The zero-order valence-corrected chi connectivity index (χ0v) is 28.9. The Hall–Kier alpha value is -5.50. The molecule has 0 fully saturated rings. The van der Waals surface area contributed by atoms with Gasteiger partial charge in [-0.25, -0.2) is 0 Å². The van der Waals surface area contributed by atoms with Crippen LogP contribution in [0, 0.1) is 13.8 Å². The number of phenols is 2. The quantitative estimate of drug-likeness (QED) is 0.204. The van der Waals surface area contributed by atoms with Crippen molar-refractivity contribution < 1.29 is 19.7 Å². The van der Waals surface area contributed by atoms with Crippen molar-refractivity contribution in [1.29, 1.82) is 0 Å². The summed E-state index contributed by atoms with van der Waals surface area (Å²) in [6.45, 7) is 6.45. The van der Waals surface area contributed by atoms with Crippen molar-refractivity contribution in [1.82, 2.24) is 9.13 Å². The Kier molecular flexibility index (Phi) is 7.05. The molecule has 0 saturated heterocycles. The number of phenolic OH excluding ortho intramolecular Hbond substituents is 2. The molecule has 12 rings (SSSR count). The summed E-state index contributed by atoms with van der Waals surface area (Å²) in [5.41, 5.74) is 14.4. The number of aryl methyl sites for hydroxylation is 1. The molecule has 0 amide bonds. The first-order chi connectivity index (χ1) is 24.3. The van der Waals surface area contributed by atoms with Crippen molar-refractivity contribution >= 4 is 33.2 Å². The van der Waals surface area contributed by atoms with Crippen molar-refractivity contribution in [3.63, 3.8) is 0 Å². The van der Waals surface area contributed by atoms with Crippen molar-refractivity contribution in [2.75, 3.05) is 27.3 Å². The average Bonchev–Trinajstić information content (AvgIpc) is 3.61. The van der Waals surface area contributed by atoms with Gasteiger partial charge < -0.3 is 28.8 Å². The van der Waals surface area contributed by atoms with E-state index in [-0.39, 0.29) is 5.75 Å². The molecule has 4 aromatic carbocycles. The number of benzene rings is 4. The van der Waals surface area contributed by atoms with Gasteiger partial charge in [-0.3, -0.25) is 9.98 Å². The zero-order valence-electron chi connectivity index (χ0n) is 28.9. The van der Waals surface area contributed by atoms with E-state index in [1.54, 1.807) is 14.2 Å². The van der Waals surface area contributed by atoms with Crippen molar-refractivity contribution in [3.05, 3.63) is 117 Å². The average molecular weight is 665 g/mol. The molecule has 252 valence electrons. The topological polar surface area (TPSA) is 93.5 Å². The first-order valence-corrected chi connectivity index (χ1v) is 17.4. The van der Waals surface area contributed by atoms with Crippen LogP contribution in [0.5, 0.6) is 23.0 Å². The molecule has 8 nitrogen and oxygen atoms in total. The molecule has 4 bridgehead atoms. The second-order valence-corrected chi connectivity index (χ2v) is 13.9. The number of fused-ring (bicyclic) bond motifs is 4. The van der Waals surface area contributed by atoms with E-state index in [1.165, 1.54) is 22.1 Å². The number of aliphatic imine (C=N–C) groups is 2. The van der Waals surface area contributed by atoms with E-state index in [1.807, 2.05) is 19.1 Å². The minimum absolute atomic E-state index is 0.141. The Labute approximate surface area is 291 Å². The fourth-order valence-corrected chi connectivity index (χ4v) is 8.55. The monoisotopic (exact) mass is 664 g/mol. The number of ether oxygens (including phenoxy) is 2. The summed E-state index contributed by atoms with van der Waals surface area (Å²) >= 11 is 0. The summed E-state index contributed by atoms with van der Waals surface area (Å²) in [7, 11) is 3.31. The largest absolute Gasteiger partial charge is 0.507 e. The normalized spacial score (nSPS) is 15.4. The molecule has 0 unspecified atom stereocenters. The third-order valence-electron chi connectivity index (χ3n) is 11.1. The van der Waals surface area contributed by atoms with Gasteiger partial charge in [0.15, 0.2) is 11.5 Å². The van der Waals surface area contributed by atoms with E-state index >= 15 is 0 Å². The van der Waals surface area contributed by atoms with Gasteiger partial charge in [-0.15, -0.1) is 0 Å². The lowest BCUT2D eigenvalue weighted by Gasteiger charge is -2.23. The van der Waals surface area contributed by atoms with Crippen LogP contribution in [0.25, 0.3) is 21.8 Å². The summed E-state index contributed by atoms with van der Waals surface area (Å²) < 4.78 is 16.2. The molecule has 8 heterocycles. The number of methoxy groups -OCH3 is 2. The van der Waals surface area contributed by atoms with Gasteiger partial charge in [-0.2, -0.15) is 0 Å². The number of rotatable bonds is 2. The first kappa shape index (κ1) is 30.6. The van der Waals surface area contributed by atoms with Crippen LogP contribution in [0.2, 0.25) is 0 Å². The molecule has 0 aliphatic carbocycles. The van der Waals surface area contributed by atoms with Crippen molar-refractivity contribution in [3.8, 4) is 23.0 Å². The highest BCUT2D eigenvalue weighted by molar-refractivity contribution is 6.09. The van der Waals surface area contributed by atoms with Gasteiger partial charge >= 0.3 is 0 Å². The molecule has 8 heteroatoms. The molecule has 6 aromatic rings. The van der Waals surface area contributed by atoms with Crippen LogP contribution in [0.3, 0.4) is 0 Å². The molecular weight excluding hydrogens is 624 g/mol. The van der Waals surface area contributed by atoms with Crippen LogP contribution in [0.1, 0.15) is 55.9 Å². The highest BCUT2D eigenvalue weighted by Crippen LogP contribution is 2.41. The van der Waals surface area contributed by atoms with Crippen LogP contribution in [-0.2, 0) is 38.8 Å². The second-order valence-electron chi connectivity index (χ2n) is 13.9. The van der Waals surface area contributed by atoms with Gasteiger partial charge in [0.2, 0.25) is 0 Å².